The Morgan fingerprint density at radius 1 is 0.974 bits per heavy atom. The molecule has 39 heavy (non-hydrogen) atoms. The van der Waals surface area contributed by atoms with Crippen LogP contribution in [-0.2, 0) is 20.3 Å². The van der Waals surface area contributed by atoms with E-state index in [-0.39, 0.29) is 35.3 Å². The Kier molecular flexibility index (Phi) is 9.62. The lowest BCUT2D eigenvalue weighted by Gasteiger charge is -2.43. The van der Waals surface area contributed by atoms with Gasteiger partial charge in [-0.15, -0.1) is 0 Å². The van der Waals surface area contributed by atoms with Crippen molar-refractivity contribution in [3.05, 3.63) is 70.2 Å². The highest BCUT2D eigenvalue weighted by molar-refractivity contribution is 6.74. The molecule has 0 spiro atoms. The number of rotatable bonds is 7. The summed E-state index contributed by atoms with van der Waals surface area (Å²) >= 11 is 6.24. The zero-order valence-corrected chi connectivity index (χ0v) is 26.6. The number of benzene rings is 2. The molecular formula is C31H44ClNO5Si. The molecule has 2 aromatic rings. The number of methoxy groups -OCH3 is 1. The molecule has 6 nitrogen and oxygen atoms in total. The van der Waals surface area contributed by atoms with E-state index in [9.17, 15) is 9.59 Å². The van der Waals surface area contributed by atoms with Crippen molar-refractivity contribution in [2.75, 3.05) is 7.11 Å². The number of ether oxygens (including phenoxy) is 2. The van der Waals surface area contributed by atoms with E-state index in [1.807, 2.05) is 62.1 Å². The fourth-order valence-corrected chi connectivity index (χ4v) is 6.10. The maximum Gasteiger partial charge on any atom is 0.410 e. The van der Waals surface area contributed by atoms with Gasteiger partial charge in [-0.05, 0) is 93.6 Å². The van der Waals surface area contributed by atoms with Crippen LogP contribution >= 0.6 is 11.6 Å². The average molecular weight is 574 g/mol. The summed E-state index contributed by atoms with van der Waals surface area (Å²) in [5.74, 6) is -0.369. The van der Waals surface area contributed by atoms with Crippen molar-refractivity contribution in [1.29, 1.82) is 0 Å². The Bertz CT molecular complexity index is 1140. The number of halogens is 1. The summed E-state index contributed by atoms with van der Waals surface area (Å²) in [5, 5.41) is 0.655. The molecule has 0 bridgehead atoms. The van der Waals surface area contributed by atoms with Gasteiger partial charge in [-0.3, -0.25) is 4.90 Å². The molecule has 0 saturated carbocycles. The minimum absolute atomic E-state index is 0.00614. The number of nitrogens with zero attached hydrogens (tertiary/aromatic N) is 1. The molecular weight excluding hydrogens is 530 g/mol. The normalized spacial score (nSPS) is 19.1. The van der Waals surface area contributed by atoms with E-state index in [2.05, 4.69) is 33.9 Å². The van der Waals surface area contributed by atoms with Crippen molar-refractivity contribution in [3.63, 3.8) is 0 Å². The van der Waals surface area contributed by atoms with Gasteiger partial charge < -0.3 is 13.9 Å². The highest BCUT2D eigenvalue weighted by Gasteiger charge is 2.47. The second kappa shape index (κ2) is 12.0. The van der Waals surface area contributed by atoms with E-state index in [4.69, 9.17) is 25.5 Å². The molecule has 2 unspecified atom stereocenters. The van der Waals surface area contributed by atoms with E-state index < -0.39 is 13.9 Å². The van der Waals surface area contributed by atoms with Gasteiger partial charge in [0.1, 0.15) is 5.60 Å². The average Bonchev–Trinajstić information content (AvgIpc) is 3.24. The molecule has 0 aromatic heterocycles. The summed E-state index contributed by atoms with van der Waals surface area (Å²) in [6, 6.07) is 14.9. The molecule has 1 saturated heterocycles. The Labute approximate surface area is 240 Å². The lowest BCUT2D eigenvalue weighted by atomic mass is 10.0. The van der Waals surface area contributed by atoms with Crippen molar-refractivity contribution < 1.29 is 23.5 Å². The SMILES string of the molecule is COC(=O)c1ccc(CC2CCC([C@H](O[Si](C)(C)C(C)(C)C)c3ccc(Cl)cc3)N2C(=O)OC(C)(C)C)cc1. The van der Waals surface area contributed by atoms with E-state index in [1.165, 1.54) is 7.11 Å². The first-order chi connectivity index (χ1) is 18.0. The Morgan fingerprint density at radius 3 is 2.08 bits per heavy atom. The molecule has 1 aliphatic rings. The molecule has 2 aromatic carbocycles. The van der Waals surface area contributed by atoms with E-state index in [0.29, 0.717) is 17.0 Å². The molecule has 214 valence electrons. The van der Waals surface area contributed by atoms with E-state index >= 15 is 0 Å². The summed E-state index contributed by atoms with van der Waals surface area (Å²) in [4.78, 5) is 27.6. The predicted octanol–water partition coefficient (Wildman–Crippen LogP) is 8.20. The van der Waals surface area contributed by atoms with Gasteiger partial charge in [0.2, 0.25) is 0 Å². The molecule has 0 aliphatic carbocycles. The van der Waals surface area contributed by atoms with Crippen molar-refractivity contribution in [3.8, 4) is 0 Å². The maximum absolute atomic E-state index is 13.8. The van der Waals surface area contributed by atoms with Crippen LogP contribution < -0.4 is 0 Å². The summed E-state index contributed by atoms with van der Waals surface area (Å²) in [7, 11) is -0.844. The van der Waals surface area contributed by atoms with Gasteiger partial charge in [-0.25, -0.2) is 9.59 Å². The molecule has 1 fully saturated rings. The summed E-state index contributed by atoms with van der Waals surface area (Å²) in [6.45, 7) is 16.8. The monoisotopic (exact) mass is 573 g/mol. The molecule has 0 N–H and O–H groups in total. The number of carbonyl (C=O) groups excluding carboxylic acids is 2. The molecule has 8 heteroatoms. The first-order valence-corrected chi connectivity index (χ1v) is 16.9. The van der Waals surface area contributed by atoms with Gasteiger partial charge in [0.15, 0.2) is 8.32 Å². The second-order valence-corrected chi connectivity index (χ2v) is 18.1. The molecule has 3 atom stereocenters. The van der Waals surface area contributed by atoms with Gasteiger partial charge in [0.05, 0.1) is 24.8 Å². The Morgan fingerprint density at radius 2 is 1.56 bits per heavy atom. The predicted molar refractivity (Wildman–Crippen MR) is 159 cm³/mol. The van der Waals surface area contributed by atoms with Crippen LogP contribution in [0.25, 0.3) is 0 Å². The van der Waals surface area contributed by atoms with Crippen LogP contribution in [0.2, 0.25) is 23.2 Å². The number of esters is 1. The summed E-state index contributed by atoms with van der Waals surface area (Å²) < 4.78 is 17.8. The minimum atomic E-state index is -2.22. The van der Waals surface area contributed by atoms with Crippen molar-refractivity contribution in [1.82, 2.24) is 4.90 Å². The lowest BCUT2D eigenvalue weighted by Crippen LogP contribution is -2.50. The van der Waals surface area contributed by atoms with Crippen LogP contribution in [0.4, 0.5) is 4.79 Å². The fraction of sp³-hybridized carbons (Fsp3) is 0.548. The van der Waals surface area contributed by atoms with Crippen LogP contribution in [0.3, 0.4) is 0 Å². The minimum Gasteiger partial charge on any atom is -0.465 e. The topological polar surface area (TPSA) is 65.1 Å². The van der Waals surface area contributed by atoms with E-state index in [0.717, 1.165) is 24.0 Å². The molecule has 1 heterocycles. The van der Waals surface area contributed by atoms with Crippen LogP contribution in [-0.4, -0.2) is 50.1 Å². The first-order valence-electron chi connectivity index (χ1n) is 13.6. The Hall–Kier alpha value is -2.35. The van der Waals surface area contributed by atoms with Gasteiger partial charge in [0, 0.05) is 11.1 Å². The number of carbonyl (C=O) groups is 2. The van der Waals surface area contributed by atoms with E-state index in [1.54, 1.807) is 12.1 Å². The summed E-state index contributed by atoms with van der Waals surface area (Å²) in [6.07, 6.45) is 1.59. The third kappa shape index (κ3) is 7.86. The van der Waals surface area contributed by atoms with Crippen LogP contribution in [0.1, 0.15) is 82.0 Å². The lowest BCUT2D eigenvalue weighted by molar-refractivity contribution is -0.00239. The Balaban J connectivity index is 2.00. The second-order valence-electron chi connectivity index (χ2n) is 12.9. The smallest absolute Gasteiger partial charge is 0.410 e. The molecule has 3 rings (SSSR count). The van der Waals surface area contributed by atoms with Crippen molar-refractivity contribution in [2.45, 2.75) is 103 Å². The van der Waals surface area contributed by atoms with Gasteiger partial charge in [0.25, 0.3) is 0 Å². The van der Waals surface area contributed by atoms with Crippen LogP contribution in [0.15, 0.2) is 48.5 Å². The van der Waals surface area contributed by atoms with Gasteiger partial charge >= 0.3 is 12.1 Å². The van der Waals surface area contributed by atoms with Gasteiger partial charge in [-0.2, -0.15) is 0 Å². The third-order valence-electron chi connectivity index (χ3n) is 7.77. The molecule has 1 amide bonds. The summed E-state index contributed by atoms with van der Waals surface area (Å²) in [5.41, 5.74) is 1.91. The fourth-order valence-electron chi connectivity index (χ4n) is 4.69. The number of hydrogen-bond donors (Lipinski definition) is 0. The van der Waals surface area contributed by atoms with Crippen molar-refractivity contribution >= 4 is 32.0 Å². The van der Waals surface area contributed by atoms with Crippen LogP contribution in [0, 0.1) is 0 Å². The highest BCUT2D eigenvalue weighted by Crippen LogP contribution is 2.44. The maximum atomic E-state index is 13.8. The largest absolute Gasteiger partial charge is 0.465 e. The van der Waals surface area contributed by atoms with Gasteiger partial charge in [-0.1, -0.05) is 56.6 Å². The number of likely N-dealkylation sites (tertiary alicyclic amines) is 1. The number of hydrogen-bond acceptors (Lipinski definition) is 5. The van der Waals surface area contributed by atoms with Crippen LogP contribution in [0.5, 0.6) is 0 Å². The zero-order chi connectivity index (χ0) is 29.2. The third-order valence-corrected chi connectivity index (χ3v) is 12.5. The quantitative estimate of drug-likeness (QED) is 0.247. The zero-order valence-electron chi connectivity index (χ0n) is 24.8. The molecule has 0 radical (unpaired) electrons. The highest BCUT2D eigenvalue weighted by atomic mass is 35.5. The van der Waals surface area contributed by atoms with Crippen molar-refractivity contribution in [2.24, 2.45) is 0 Å². The standard InChI is InChI=1S/C31H44ClNO5Si/c1-30(2,3)37-29(35)33-25(20-21-10-12-23(13-11-21)28(34)36-7)18-19-26(33)27(22-14-16-24(32)17-15-22)38-39(8,9)31(4,5)6/h10-17,25-27H,18-20H2,1-9H3/t25?,26?,27-/m1/s1. The number of amides is 1. The molecule has 1 aliphatic heterocycles. The first kappa shape index (κ1) is 31.2.